The molecule has 6 nitrogen and oxygen atoms in total. The lowest BCUT2D eigenvalue weighted by atomic mass is 10.1. The summed E-state index contributed by atoms with van der Waals surface area (Å²) in [4.78, 5) is 19.0. The number of carbonyl (C=O) groups is 1. The Morgan fingerprint density at radius 2 is 1.96 bits per heavy atom. The van der Waals surface area contributed by atoms with E-state index in [4.69, 9.17) is 4.74 Å². The lowest BCUT2D eigenvalue weighted by Gasteiger charge is -2.16. The van der Waals surface area contributed by atoms with Crippen LogP contribution in [0.1, 0.15) is 21.7 Å². The molecule has 1 N–H and O–H groups in total. The highest BCUT2D eigenvalue weighted by Crippen LogP contribution is 2.18. The molecule has 0 aliphatic carbocycles. The molecule has 0 saturated heterocycles. The van der Waals surface area contributed by atoms with E-state index in [-0.39, 0.29) is 5.91 Å². The molecule has 0 radical (unpaired) electrons. The number of methoxy groups -OCH3 is 1. The summed E-state index contributed by atoms with van der Waals surface area (Å²) in [6.07, 6.45) is 3.75. The molecule has 140 valence electrons. The van der Waals surface area contributed by atoms with Gasteiger partial charge in [0.15, 0.2) is 0 Å². The predicted molar refractivity (Wildman–Crippen MR) is 106 cm³/mol. The van der Waals surface area contributed by atoms with E-state index in [9.17, 15) is 4.79 Å². The molecule has 1 amide bonds. The molecule has 0 aliphatic rings. The van der Waals surface area contributed by atoms with Crippen LogP contribution in [0.25, 0.3) is 0 Å². The number of aromatic nitrogens is 2. The summed E-state index contributed by atoms with van der Waals surface area (Å²) in [5.41, 5.74) is 2.47. The first kappa shape index (κ1) is 18.7. The average molecular weight is 364 g/mol. The zero-order valence-corrected chi connectivity index (χ0v) is 15.8. The van der Waals surface area contributed by atoms with Gasteiger partial charge >= 0.3 is 0 Å². The van der Waals surface area contributed by atoms with E-state index in [2.05, 4.69) is 22.2 Å². The Bertz CT molecular complexity index is 903. The number of hydrogen-bond acceptors (Lipinski definition) is 4. The van der Waals surface area contributed by atoms with Crippen molar-refractivity contribution in [3.05, 3.63) is 77.9 Å². The van der Waals surface area contributed by atoms with Gasteiger partial charge in [0.25, 0.3) is 5.91 Å². The van der Waals surface area contributed by atoms with Crippen LogP contribution in [-0.4, -0.2) is 34.5 Å². The van der Waals surface area contributed by atoms with Crippen LogP contribution in [0.3, 0.4) is 0 Å². The van der Waals surface area contributed by atoms with Gasteiger partial charge in [0.05, 0.1) is 13.7 Å². The number of ether oxygens (including phenoxy) is 1. The van der Waals surface area contributed by atoms with Crippen LogP contribution >= 0.6 is 0 Å². The summed E-state index contributed by atoms with van der Waals surface area (Å²) >= 11 is 0. The lowest BCUT2D eigenvalue weighted by molar-refractivity contribution is 0.102. The highest BCUT2D eigenvalue weighted by atomic mass is 16.5. The minimum atomic E-state index is -0.142. The summed E-state index contributed by atoms with van der Waals surface area (Å²) in [6, 6.07) is 15.0. The van der Waals surface area contributed by atoms with Gasteiger partial charge in [-0.2, -0.15) is 0 Å². The predicted octanol–water partition coefficient (Wildman–Crippen LogP) is 3.31. The van der Waals surface area contributed by atoms with Crippen molar-refractivity contribution in [2.45, 2.75) is 13.1 Å². The first-order chi connectivity index (χ1) is 13.0. The van der Waals surface area contributed by atoms with Gasteiger partial charge in [-0.3, -0.25) is 9.69 Å². The van der Waals surface area contributed by atoms with Crippen molar-refractivity contribution in [1.82, 2.24) is 14.5 Å². The maximum absolute atomic E-state index is 12.4. The molecule has 0 atom stereocenters. The van der Waals surface area contributed by atoms with E-state index in [1.165, 1.54) is 0 Å². The zero-order chi connectivity index (χ0) is 19.2. The van der Waals surface area contributed by atoms with Gasteiger partial charge in [-0.15, -0.1) is 0 Å². The second kappa shape index (κ2) is 8.51. The Hall–Kier alpha value is -3.12. The largest absolute Gasteiger partial charge is 0.497 e. The molecule has 3 aromatic rings. The zero-order valence-electron chi connectivity index (χ0n) is 15.8. The summed E-state index contributed by atoms with van der Waals surface area (Å²) in [5.74, 6) is 1.59. The van der Waals surface area contributed by atoms with Crippen LogP contribution in [0, 0.1) is 0 Å². The Kier molecular flexibility index (Phi) is 5.88. The summed E-state index contributed by atoms with van der Waals surface area (Å²) < 4.78 is 7.19. The Balaban J connectivity index is 1.59. The molecule has 1 heterocycles. The highest BCUT2D eigenvalue weighted by Gasteiger charge is 2.09. The Morgan fingerprint density at radius 3 is 2.63 bits per heavy atom. The minimum Gasteiger partial charge on any atom is -0.497 e. The topological polar surface area (TPSA) is 59.4 Å². The van der Waals surface area contributed by atoms with E-state index in [0.717, 1.165) is 24.5 Å². The Labute approximate surface area is 159 Å². The van der Waals surface area contributed by atoms with Crippen molar-refractivity contribution in [2.24, 2.45) is 7.05 Å². The van der Waals surface area contributed by atoms with E-state index in [0.29, 0.717) is 17.0 Å². The molecule has 6 heteroatoms. The third kappa shape index (κ3) is 4.95. The lowest BCUT2D eigenvalue weighted by Crippen LogP contribution is -2.19. The molecular formula is C21H24N4O2. The standard InChI is InChI=1S/C21H24N4O2/c1-24(15-20-22-11-12-25(20)2)14-16-7-9-17(10-8-16)21(26)23-18-5-4-6-19(13-18)27-3/h4-13H,14-15H2,1-3H3,(H,23,26). The van der Waals surface area contributed by atoms with Crippen LogP contribution in [0.15, 0.2) is 60.9 Å². The van der Waals surface area contributed by atoms with Crippen LogP contribution in [0.4, 0.5) is 5.69 Å². The first-order valence-electron chi connectivity index (χ1n) is 8.74. The monoisotopic (exact) mass is 364 g/mol. The molecule has 3 rings (SSSR count). The van der Waals surface area contributed by atoms with E-state index >= 15 is 0 Å². The van der Waals surface area contributed by atoms with E-state index < -0.39 is 0 Å². The van der Waals surface area contributed by atoms with Crippen molar-refractivity contribution in [3.63, 3.8) is 0 Å². The summed E-state index contributed by atoms with van der Waals surface area (Å²) in [7, 11) is 5.65. The third-order valence-corrected chi connectivity index (χ3v) is 4.33. The van der Waals surface area contributed by atoms with Gasteiger partial charge in [0, 0.05) is 43.3 Å². The number of aryl methyl sites for hydroxylation is 1. The second-order valence-electron chi connectivity index (χ2n) is 6.51. The molecular weight excluding hydrogens is 340 g/mol. The van der Waals surface area contributed by atoms with Crippen molar-refractivity contribution < 1.29 is 9.53 Å². The van der Waals surface area contributed by atoms with Crippen LogP contribution < -0.4 is 10.1 Å². The molecule has 1 aromatic heterocycles. The normalized spacial score (nSPS) is 10.8. The number of nitrogens with one attached hydrogen (secondary N) is 1. The number of benzene rings is 2. The van der Waals surface area contributed by atoms with Gasteiger partial charge in [-0.05, 0) is 36.9 Å². The number of amides is 1. The fourth-order valence-corrected chi connectivity index (χ4v) is 2.82. The highest BCUT2D eigenvalue weighted by molar-refractivity contribution is 6.04. The van der Waals surface area contributed by atoms with E-state index in [1.807, 2.05) is 60.3 Å². The van der Waals surface area contributed by atoms with Gasteiger partial charge < -0.3 is 14.6 Å². The fraction of sp³-hybridized carbons (Fsp3) is 0.238. The Morgan fingerprint density at radius 1 is 1.19 bits per heavy atom. The maximum Gasteiger partial charge on any atom is 0.255 e. The molecule has 0 saturated carbocycles. The third-order valence-electron chi connectivity index (χ3n) is 4.33. The smallest absolute Gasteiger partial charge is 0.255 e. The summed E-state index contributed by atoms with van der Waals surface area (Å²) in [6.45, 7) is 1.55. The van der Waals surface area contributed by atoms with Gasteiger partial charge in [-0.25, -0.2) is 4.98 Å². The van der Waals surface area contributed by atoms with Gasteiger partial charge in [0.2, 0.25) is 0 Å². The van der Waals surface area contributed by atoms with Gasteiger partial charge in [0.1, 0.15) is 11.6 Å². The van der Waals surface area contributed by atoms with E-state index in [1.54, 1.807) is 19.4 Å². The van der Waals surface area contributed by atoms with Crippen molar-refractivity contribution in [1.29, 1.82) is 0 Å². The van der Waals surface area contributed by atoms with Crippen molar-refractivity contribution >= 4 is 11.6 Å². The molecule has 0 unspecified atom stereocenters. The van der Waals surface area contributed by atoms with Crippen LogP contribution in [-0.2, 0) is 20.1 Å². The second-order valence-corrected chi connectivity index (χ2v) is 6.51. The van der Waals surface area contributed by atoms with Crippen molar-refractivity contribution in [2.75, 3.05) is 19.5 Å². The van der Waals surface area contributed by atoms with Crippen molar-refractivity contribution in [3.8, 4) is 5.75 Å². The number of imidazole rings is 1. The quantitative estimate of drug-likeness (QED) is 0.699. The SMILES string of the molecule is COc1cccc(NC(=O)c2ccc(CN(C)Cc3nccn3C)cc2)c1. The van der Waals surface area contributed by atoms with Crippen LogP contribution in [0.5, 0.6) is 5.75 Å². The average Bonchev–Trinajstić information content (AvgIpc) is 3.07. The minimum absolute atomic E-state index is 0.142. The number of rotatable bonds is 7. The molecule has 2 aromatic carbocycles. The number of nitrogens with zero attached hydrogens (tertiary/aromatic N) is 3. The molecule has 0 spiro atoms. The first-order valence-corrected chi connectivity index (χ1v) is 8.74. The molecule has 0 bridgehead atoms. The maximum atomic E-state index is 12.4. The molecule has 0 fully saturated rings. The molecule has 27 heavy (non-hydrogen) atoms. The fourth-order valence-electron chi connectivity index (χ4n) is 2.82. The van der Waals surface area contributed by atoms with Crippen LogP contribution in [0.2, 0.25) is 0 Å². The number of hydrogen-bond donors (Lipinski definition) is 1. The number of carbonyl (C=O) groups excluding carboxylic acids is 1. The molecule has 0 aliphatic heterocycles. The summed E-state index contributed by atoms with van der Waals surface area (Å²) in [5, 5.41) is 2.89. The van der Waals surface area contributed by atoms with Gasteiger partial charge in [-0.1, -0.05) is 18.2 Å². The number of anilines is 1.